The maximum Gasteiger partial charge on any atom is 0.146 e. The van der Waals surface area contributed by atoms with Crippen molar-refractivity contribution in [2.75, 3.05) is 14.2 Å². The van der Waals surface area contributed by atoms with E-state index in [0.717, 1.165) is 16.7 Å². The molecule has 0 saturated carbocycles. The van der Waals surface area contributed by atoms with Crippen LogP contribution in [0, 0.1) is 6.92 Å². The molecule has 0 bridgehead atoms. The Bertz CT molecular complexity index is 636. The molecule has 1 unspecified atom stereocenters. The topological polar surface area (TPSA) is 18.5 Å². The molecule has 2 aromatic rings. The summed E-state index contributed by atoms with van der Waals surface area (Å²) in [4.78, 5) is 0. The van der Waals surface area contributed by atoms with Gasteiger partial charge in [-0.3, -0.25) is 0 Å². The molecule has 0 saturated heterocycles. The zero-order chi connectivity index (χ0) is 15.6. The summed E-state index contributed by atoms with van der Waals surface area (Å²) in [6, 6.07) is 9.32. The predicted octanol–water partition coefficient (Wildman–Crippen LogP) is 5.65. The van der Waals surface area contributed by atoms with Crippen molar-refractivity contribution in [2.24, 2.45) is 0 Å². The molecule has 2 aromatic carbocycles. The molecule has 2 rings (SSSR count). The van der Waals surface area contributed by atoms with E-state index in [1.54, 1.807) is 20.3 Å². The van der Waals surface area contributed by atoms with Crippen LogP contribution < -0.4 is 9.47 Å². The molecule has 5 heteroatoms. The minimum Gasteiger partial charge on any atom is -0.495 e. The summed E-state index contributed by atoms with van der Waals surface area (Å²) < 4.78 is 10.6. The Morgan fingerprint density at radius 3 is 2.29 bits per heavy atom. The molecule has 0 fully saturated rings. The third-order valence-electron chi connectivity index (χ3n) is 3.15. The first kappa shape index (κ1) is 16.3. The molecule has 0 aliphatic carbocycles. The fraction of sp³-hybridized carbons (Fsp3) is 0.250. The molecular formula is C16H15Cl3O2. The fourth-order valence-corrected chi connectivity index (χ4v) is 3.13. The standard InChI is InChI=1S/C16H15Cl3O2/c1-9-6-10(8-11(17)7-9)14(18)12-4-5-13(20-2)15(19)16(12)21-3/h4-8,14H,1-3H3. The van der Waals surface area contributed by atoms with Crippen molar-refractivity contribution in [3.8, 4) is 11.5 Å². The number of hydrogen-bond donors (Lipinski definition) is 0. The van der Waals surface area contributed by atoms with Crippen molar-refractivity contribution in [1.82, 2.24) is 0 Å². The van der Waals surface area contributed by atoms with Gasteiger partial charge in [0.15, 0.2) is 0 Å². The van der Waals surface area contributed by atoms with Crippen molar-refractivity contribution in [3.63, 3.8) is 0 Å². The third kappa shape index (κ3) is 3.39. The number of halogens is 3. The van der Waals surface area contributed by atoms with E-state index in [4.69, 9.17) is 44.3 Å². The Morgan fingerprint density at radius 2 is 1.71 bits per heavy atom. The summed E-state index contributed by atoms with van der Waals surface area (Å²) in [6.07, 6.45) is 0. The lowest BCUT2D eigenvalue weighted by Crippen LogP contribution is -2.00. The molecule has 0 heterocycles. The van der Waals surface area contributed by atoms with Crippen LogP contribution in [0.4, 0.5) is 0 Å². The van der Waals surface area contributed by atoms with Gasteiger partial charge in [-0.15, -0.1) is 11.6 Å². The smallest absolute Gasteiger partial charge is 0.146 e. The summed E-state index contributed by atoms with van der Waals surface area (Å²) in [5, 5.41) is 0.636. The Kier molecular flexibility index (Phi) is 5.26. The van der Waals surface area contributed by atoms with Crippen LogP contribution in [-0.4, -0.2) is 14.2 Å². The minimum absolute atomic E-state index is 0.405. The number of ether oxygens (including phenoxy) is 2. The zero-order valence-electron chi connectivity index (χ0n) is 11.9. The number of methoxy groups -OCH3 is 2. The molecule has 0 aromatic heterocycles. The second-order valence-corrected chi connectivity index (χ2v) is 5.88. The maximum atomic E-state index is 6.59. The normalized spacial score (nSPS) is 12.1. The monoisotopic (exact) mass is 344 g/mol. The van der Waals surface area contributed by atoms with Gasteiger partial charge in [0.05, 0.1) is 19.6 Å². The maximum absolute atomic E-state index is 6.59. The highest BCUT2D eigenvalue weighted by Crippen LogP contribution is 2.43. The first-order valence-electron chi connectivity index (χ1n) is 6.29. The number of rotatable bonds is 4. The van der Waals surface area contributed by atoms with Crippen LogP contribution in [0.25, 0.3) is 0 Å². The lowest BCUT2D eigenvalue weighted by atomic mass is 10.0. The van der Waals surface area contributed by atoms with Crippen LogP contribution >= 0.6 is 34.8 Å². The van der Waals surface area contributed by atoms with Crippen LogP contribution in [0.15, 0.2) is 30.3 Å². The zero-order valence-corrected chi connectivity index (χ0v) is 14.2. The number of hydrogen-bond acceptors (Lipinski definition) is 2. The van der Waals surface area contributed by atoms with Gasteiger partial charge in [0.1, 0.15) is 16.5 Å². The fourth-order valence-electron chi connectivity index (χ4n) is 2.21. The van der Waals surface area contributed by atoms with E-state index >= 15 is 0 Å². The number of alkyl halides is 1. The Labute approximate surface area is 139 Å². The van der Waals surface area contributed by atoms with Crippen LogP contribution in [0.5, 0.6) is 11.5 Å². The summed E-state index contributed by atoms with van der Waals surface area (Å²) in [5.41, 5.74) is 2.70. The Hall–Kier alpha value is -1.09. The Morgan fingerprint density at radius 1 is 1.00 bits per heavy atom. The van der Waals surface area contributed by atoms with E-state index in [0.29, 0.717) is 21.5 Å². The van der Waals surface area contributed by atoms with E-state index in [9.17, 15) is 0 Å². The average molecular weight is 346 g/mol. The molecular weight excluding hydrogens is 331 g/mol. The average Bonchev–Trinajstić information content (AvgIpc) is 2.45. The second-order valence-electron chi connectivity index (χ2n) is 4.63. The highest BCUT2D eigenvalue weighted by atomic mass is 35.5. The first-order valence-corrected chi connectivity index (χ1v) is 7.48. The largest absolute Gasteiger partial charge is 0.495 e. The van der Waals surface area contributed by atoms with E-state index in [2.05, 4.69) is 0 Å². The molecule has 0 radical (unpaired) electrons. The van der Waals surface area contributed by atoms with Crippen molar-refractivity contribution >= 4 is 34.8 Å². The molecule has 21 heavy (non-hydrogen) atoms. The van der Waals surface area contributed by atoms with Gasteiger partial charge >= 0.3 is 0 Å². The number of benzene rings is 2. The van der Waals surface area contributed by atoms with Gasteiger partial charge in [-0.2, -0.15) is 0 Å². The second kappa shape index (κ2) is 6.78. The SMILES string of the molecule is COc1ccc(C(Cl)c2cc(C)cc(Cl)c2)c(OC)c1Cl. The Balaban J connectivity index is 2.52. The summed E-state index contributed by atoms with van der Waals surface area (Å²) in [5.74, 6) is 1.05. The van der Waals surface area contributed by atoms with Crippen LogP contribution in [-0.2, 0) is 0 Å². The van der Waals surface area contributed by atoms with E-state index in [1.807, 2.05) is 31.2 Å². The van der Waals surface area contributed by atoms with Crippen LogP contribution in [0.1, 0.15) is 22.1 Å². The molecule has 0 aliphatic heterocycles. The van der Waals surface area contributed by atoms with Crippen LogP contribution in [0.3, 0.4) is 0 Å². The molecule has 0 amide bonds. The van der Waals surface area contributed by atoms with E-state index in [1.165, 1.54) is 0 Å². The predicted molar refractivity (Wildman–Crippen MR) is 88.4 cm³/mol. The summed E-state index contributed by atoms with van der Waals surface area (Å²) in [7, 11) is 3.11. The van der Waals surface area contributed by atoms with Gasteiger partial charge in [-0.25, -0.2) is 0 Å². The third-order valence-corrected chi connectivity index (χ3v) is 4.21. The van der Waals surface area contributed by atoms with Crippen molar-refractivity contribution in [3.05, 3.63) is 57.1 Å². The van der Waals surface area contributed by atoms with Gasteiger partial charge in [-0.05, 0) is 42.3 Å². The highest BCUT2D eigenvalue weighted by molar-refractivity contribution is 6.34. The molecule has 0 aliphatic rings. The molecule has 0 N–H and O–H groups in total. The lowest BCUT2D eigenvalue weighted by molar-refractivity contribution is 0.392. The minimum atomic E-state index is -0.416. The van der Waals surface area contributed by atoms with Gasteiger partial charge < -0.3 is 9.47 Å². The van der Waals surface area contributed by atoms with Crippen LogP contribution in [0.2, 0.25) is 10.0 Å². The molecule has 1 atom stereocenters. The molecule has 112 valence electrons. The first-order chi connectivity index (χ1) is 9.97. The van der Waals surface area contributed by atoms with Crippen molar-refractivity contribution < 1.29 is 9.47 Å². The lowest BCUT2D eigenvalue weighted by Gasteiger charge is -2.17. The number of aryl methyl sites for hydroxylation is 1. The quantitative estimate of drug-likeness (QED) is 0.667. The van der Waals surface area contributed by atoms with E-state index in [-0.39, 0.29) is 0 Å². The van der Waals surface area contributed by atoms with Gasteiger partial charge in [0.25, 0.3) is 0 Å². The summed E-state index contributed by atoms with van der Waals surface area (Å²) in [6.45, 7) is 1.97. The van der Waals surface area contributed by atoms with Gasteiger partial charge in [0.2, 0.25) is 0 Å². The van der Waals surface area contributed by atoms with Crippen molar-refractivity contribution in [1.29, 1.82) is 0 Å². The highest BCUT2D eigenvalue weighted by Gasteiger charge is 2.21. The van der Waals surface area contributed by atoms with Crippen molar-refractivity contribution in [2.45, 2.75) is 12.3 Å². The molecule has 2 nitrogen and oxygen atoms in total. The van der Waals surface area contributed by atoms with E-state index < -0.39 is 5.38 Å². The molecule has 0 spiro atoms. The van der Waals surface area contributed by atoms with Gasteiger partial charge in [0, 0.05) is 10.6 Å². The summed E-state index contributed by atoms with van der Waals surface area (Å²) >= 11 is 19.0. The van der Waals surface area contributed by atoms with Gasteiger partial charge in [-0.1, -0.05) is 29.3 Å².